The number of carbonyl (C=O) groups excluding carboxylic acids is 1. The third-order valence-corrected chi connectivity index (χ3v) is 3.30. The fourth-order valence-electron chi connectivity index (χ4n) is 2.24. The van der Waals surface area contributed by atoms with Gasteiger partial charge in [0.05, 0.1) is 11.1 Å². The summed E-state index contributed by atoms with van der Waals surface area (Å²) in [7, 11) is 0. The summed E-state index contributed by atoms with van der Waals surface area (Å²) in [6.45, 7) is 0. The summed E-state index contributed by atoms with van der Waals surface area (Å²) in [5.74, 6) is -3.24. The van der Waals surface area contributed by atoms with Crippen LogP contribution in [0.3, 0.4) is 0 Å². The van der Waals surface area contributed by atoms with Crippen molar-refractivity contribution >= 4 is 17.1 Å². The normalized spacial score (nSPS) is 12.5. The molecule has 0 spiro atoms. The van der Waals surface area contributed by atoms with Crippen LogP contribution in [0.1, 0.15) is 27.6 Å². The summed E-state index contributed by atoms with van der Waals surface area (Å²) < 4.78 is 28.2. The minimum Gasteiger partial charge on any atom is -0.383 e. The van der Waals surface area contributed by atoms with Gasteiger partial charge in [-0.1, -0.05) is 0 Å². The quantitative estimate of drug-likeness (QED) is 0.680. The summed E-state index contributed by atoms with van der Waals surface area (Å²) in [6.07, 6.45) is 2.51. The molecule has 0 saturated carbocycles. The zero-order valence-electron chi connectivity index (χ0n) is 11.0. The number of carbonyl (C=O) groups is 1. The molecule has 1 atom stereocenters. The fraction of sp³-hybridized carbons (Fsp3) is 0.0714. The van der Waals surface area contributed by atoms with Gasteiger partial charge in [0.15, 0.2) is 5.65 Å². The highest BCUT2D eigenvalue weighted by atomic mass is 19.1. The van der Waals surface area contributed by atoms with Gasteiger partial charge in [-0.25, -0.2) is 13.8 Å². The number of amides is 1. The molecule has 1 unspecified atom stereocenters. The highest BCUT2D eigenvalue weighted by Gasteiger charge is 2.26. The standard InChI is InChI=1S/C14H10F2N4O2/c15-8-2-1-6(13(17)22)10(16)9(8)12(21)7-5-20-14-11(7)18-3-4-19-14/h1-5,12,21H,(H2,17,22)(H,19,20). The van der Waals surface area contributed by atoms with Crippen molar-refractivity contribution in [3.05, 3.63) is 59.0 Å². The highest BCUT2D eigenvalue weighted by molar-refractivity contribution is 5.93. The molecule has 0 aliphatic rings. The summed E-state index contributed by atoms with van der Waals surface area (Å²) in [6, 6.07) is 1.81. The van der Waals surface area contributed by atoms with Crippen LogP contribution in [0.4, 0.5) is 8.78 Å². The van der Waals surface area contributed by atoms with Crippen molar-refractivity contribution in [2.45, 2.75) is 6.10 Å². The van der Waals surface area contributed by atoms with E-state index in [2.05, 4.69) is 15.0 Å². The number of aromatic nitrogens is 3. The summed E-state index contributed by atoms with van der Waals surface area (Å²) in [4.78, 5) is 21.9. The Balaban J connectivity index is 2.19. The first-order valence-electron chi connectivity index (χ1n) is 6.24. The topological polar surface area (TPSA) is 105 Å². The second-order valence-electron chi connectivity index (χ2n) is 4.59. The van der Waals surface area contributed by atoms with Gasteiger partial charge in [-0.3, -0.25) is 9.78 Å². The molecule has 0 aliphatic heterocycles. The van der Waals surface area contributed by atoms with E-state index < -0.39 is 34.8 Å². The lowest BCUT2D eigenvalue weighted by atomic mass is 9.99. The molecule has 2 heterocycles. The van der Waals surface area contributed by atoms with Gasteiger partial charge in [-0.2, -0.15) is 0 Å². The van der Waals surface area contributed by atoms with E-state index in [0.717, 1.165) is 12.1 Å². The maximum Gasteiger partial charge on any atom is 0.251 e. The van der Waals surface area contributed by atoms with Gasteiger partial charge >= 0.3 is 0 Å². The zero-order chi connectivity index (χ0) is 15.9. The molecule has 0 saturated heterocycles. The van der Waals surface area contributed by atoms with Crippen LogP contribution < -0.4 is 5.73 Å². The largest absolute Gasteiger partial charge is 0.383 e. The zero-order valence-corrected chi connectivity index (χ0v) is 11.0. The summed E-state index contributed by atoms with van der Waals surface area (Å²) in [5, 5.41) is 10.3. The second kappa shape index (κ2) is 5.15. The number of aliphatic hydroxyl groups excluding tert-OH is 1. The first-order chi connectivity index (χ1) is 10.5. The van der Waals surface area contributed by atoms with Crippen molar-refractivity contribution in [1.29, 1.82) is 0 Å². The number of benzene rings is 1. The Hall–Kier alpha value is -2.87. The average molecular weight is 304 g/mol. The molecule has 3 aromatic rings. The molecule has 0 radical (unpaired) electrons. The predicted octanol–water partition coefficient (Wildman–Crippen LogP) is 1.42. The Labute approximate surface area is 122 Å². The van der Waals surface area contributed by atoms with Gasteiger partial charge in [-0.05, 0) is 12.1 Å². The van der Waals surface area contributed by atoms with Crippen LogP contribution in [0, 0.1) is 11.6 Å². The van der Waals surface area contributed by atoms with E-state index in [1.54, 1.807) is 0 Å². The molecule has 1 aromatic carbocycles. The van der Waals surface area contributed by atoms with Crippen molar-refractivity contribution < 1.29 is 18.7 Å². The number of hydrogen-bond donors (Lipinski definition) is 3. The van der Waals surface area contributed by atoms with Gasteiger partial charge in [0, 0.05) is 24.2 Å². The molecule has 0 fully saturated rings. The van der Waals surface area contributed by atoms with E-state index in [9.17, 15) is 18.7 Å². The summed E-state index contributed by atoms with van der Waals surface area (Å²) >= 11 is 0. The minimum atomic E-state index is -1.66. The van der Waals surface area contributed by atoms with Gasteiger partial charge in [-0.15, -0.1) is 0 Å². The lowest BCUT2D eigenvalue weighted by Gasteiger charge is -2.13. The van der Waals surface area contributed by atoms with E-state index in [-0.39, 0.29) is 11.1 Å². The molecule has 4 N–H and O–H groups in total. The van der Waals surface area contributed by atoms with Crippen molar-refractivity contribution in [2.75, 3.05) is 0 Å². The minimum absolute atomic E-state index is 0.141. The second-order valence-corrected chi connectivity index (χ2v) is 4.59. The predicted molar refractivity (Wildman–Crippen MR) is 72.8 cm³/mol. The van der Waals surface area contributed by atoms with Crippen LogP contribution in [-0.4, -0.2) is 26.0 Å². The molecule has 112 valence electrons. The third kappa shape index (κ3) is 2.09. The number of rotatable bonds is 3. The number of hydrogen-bond acceptors (Lipinski definition) is 4. The summed E-state index contributed by atoms with van der Waals surface area (Å²) in [5.41, 5.74) is 4.65. The van der Waals surface area contributed by atoms with Gasteiger partial charge in [0.1, 0.15) is 23.3 Å². The third-order valence-electron chi connectivity index (χ3n) is 3.30. The van der Waals surface area contributed by atoms with E-state index in [4.69, 9.17) is 5.73 Å². The van der Waals surface area contributed by atoms with Crippen LogP contribution >= 0.6 is 0 Å². The average Bonchev–Trinajstić information content (AvgIpc) is 2.90. The first kappa shape index (κ1) is 14.1. The molecule has 6 nitrogen and oxygen atoms in total. The highest BCUT2D eigenvalue weighted by Crippen LogP contribution is 2.31. The molecule has 0 aliphatic carbocycles. The van der Waals surface area contributed by atoms with Crippen LogP contribution in [0.25, 0.3) is 11.2 Å². The van der Waals surface area contributed by atoms with E-state index >= 15 is 0 Å². The van der Waals surface area contributed by atoms with Crippen LogP contribution in [0.2, 0.25) is 0 Å². The van der Waals surface area contributed by atoms with E-state index in [0.29, 0.717) is 5.65 Å². The molecule has 22 heavy (non-hydrogen) atoms. The molecule has 2 aromatic heterocycles. The molecule has 8 heteroatoms. The monoisotopic (exact) mass is 304 g/mol. The number of aliphatic hydroxyl groups is 1. The van der Waals surface area contributed by atoms with Crippen LogP contribution in [0.5, 0.6) is 0 Å². The maximum absolute atomic E-state index is 14.3. The molecule has 3 rings (SSSR count). The lowest BCUT2D eigenvalue weighted by molar-refractivity contribution is 0.0995. The Morgan fingerprint density at radius 1 is 1.27 bits per heavy atom. The smallest absolute Gasteiger partial charge is 0.251 e. The number of nitrogens with one attached hydrogen (secondary N) is 1. The number of nitrogens with zero attached hydrogens (tertiary/aromatic N) is 2. The fourth-order valence-corrected chi connectivity index (χ4v) is 2.24. The van der Waals surface area contributed by atoms with Gasteiger partial charge in [0.25, 0.3) is 5.91 Å². The SMILES string of the molecule is NC(=O)c1ccc(F)c(C(O)c2c[nH]c3nccnc23)c1F. The Kier molecular flexibility index (Phi) is 3.30. The molecular formula is C14H10F2N4O2. The van der Waals surface area contributed by atoms with Crippen molar-refractivity contribution in [2.24, 2.45) is 5.73 Å². The Morgan fingerprint density at radius 2 is 2.00 bits per heavy atom. The van der Waals surface area contributed by atoms with Gasteiger partial charge < -0.3 is 15.8 Å². The van der Waals surface area contributed by atoms with Crippen molar-refractivity contribution in [3.63, 3.8) is 0 Å². The van der Waals surface area contributed by atoms with Crippen LogP contribution in [0.15, 0.2) is 30.7 Å². The van der Waals surface area contributed by atoms with Crippen molar-refractivity contribution in [1.82, 2.24) is 15.0 Å². The first-order valence-corrected chi connectivity index (χ1v) is 6.24. The van der Waals surface area contributed by atoms with E-state index in [1.807, 2.05) is 0 Å². The maximum atomic E-state index is 14.3. The number of H-pyrrole nitrogens is 1. The lowest BCUT2D eigenvalue weighted by Crippen LogP contribution is -2.16. The number of fused-ring (bicyclic) bond motifs is 1. The Morgan fingerprint density at radius 3 is 2.73 bits per heavy atom. The molecule has 0 bridgehead atoms. The molecule has 1 amide bonds. The number of halogens is 2. The van der Waals surface area contributed by atoms with Crippen molar-refractivity contribution in [3.8, 4) is 0 Å². The van der Waals surface area contributed by atoms with Gasteiger partial charge in [0.2, 0.25) is 0 Å². The number of nitrogens with two attached hydrogens (primary N) is 1. The number of primary amides is 1. The van der Waals surface area contributed by atoms with E-state index in [1.165, 1.54) is 18.6 Å². The van der Waals surface area contributed by atoms with Crippen LogP contribution in [-0.2, 0) is 0 Å². The Bertz CT molecular complexity index is 878. The molecular weight excluding hydrogens is 294 g/mol. The number of aromatic amines is 1.